The summed E-state index contributed by atoms with van der Waals surface area (Å²) in [6.45, 7) is 4.21. The molecule has 1 nitrogen and oxygen atoms in total. The molecule has 0 fully saturated rings. The molecule has 20 heavy (non-hydrogen) atoms. The van der Waals surface area contributed by atoms with Crippen molar-refractivity contribution in [2.24, 2.45) is 0 Å². The van der Waals surface area contributed by atoms with Gasteiger partial charge in [0.2, 0.25) is 0 Å². The third-order valence-electron chi connectivity index (χ3n) is 3.34. The van der Waals surface area contributed by atoms with Gasteiger partial charge in [-0.05, 0) is 55.7 Å². The fourth-order valence-corrected chi connectivity index (χ4v) is 2.60. The molecular formula is C17H19BrFN. The smallest absolute Gasteiger partial charge is 0.123 e. The van der Waals surface area contributed by atoms with Crippen LogP contribution in [0.5, 0.6) is 0 Å². The summed E-state index contributed by atoms with van der Waals surface area (Å²) in [5.41, 5.74) is 2.27. The summed E-state index contributed by atoms with van der Waals surface area (Å²) >= 11 is 3.44. The van der Waals surface area contributed by atoms with Crippen LogP contribution in [-0.4, -0.2) is 6.04 Å². The Morgan fingerprint density at radius 1 is 1.10 bits per heavy atom. The lowest BCUT2D eigenvalue weighted by Crippen LogP contribution is -2.30. The Bertz CT molecular complexity index is 553. The molecule has 0 spiro atoms. The Morgan fingerprint density at radius 2 is 1.80 bits per heavy atom. The zero-order valence-corrected chi connectivity index (χ0v) is 13.3. The van der Waals surface area contributed by atoms with Crippen LogP contribution in [0.1, 0.15) is 31.0 Å². The first-order chi connectivity index (χ1) is 9.54. The highest BCUT2D eigenvalue weighted by Gasteiger charge is 2.10. The van der Waals surface area contributed by atoms with Crippen molar-refractivity contribution >= 4 is 15.9 Å². The molecule has 0 saturated heterocycles. The van der Waals surface area contributed by atoms with Crippen LogP contribution in [0.2, 0.25) is 0 Å². The Balaban J connectivity index is 1.93. The van der Waals surface area contributed by atoms with E-state index in [1.54, 1.807) is 12.1 Å². The average Bonchev–Trinajstić information content (AvgIpc) is 2.41. The van der Waals surface area contributed by atoms with Gasteiger partial charge >= 0.3 is 0 Å². The molecule has 1 N–H and O–H groups in total. The quantitative estimate of drug-likeness (QED) is 0.821. The number of benzene rings is 2. The Labute approximate surface area is 128 Å². The van der Waals surface area contributed by atoms with E-state index in [9.17, 15) is 4.39 Å². The lowest BCUT2D eigenvalue weighted by Gasteiger charge is -2.20. The predicted molar refractivity (Wildman–Crippen MR) is 85.3 cm³/mol. The number of hydrogen-bond acceptors (Lipinski definition) is 1. The first kappa shape index (κ1) is 15.2. The molecule has 0 amide bonds. The van der Waals surface area contributed by atoms with Crippen molar-refractivity contribution in [1.29, 1.82) is 0 Å². The van der Waals surface area contributed by atoms with Crippen molar-refractivity contribution in [3.8, 4) is 0 Å². The predicted octanol–water partition coefficient (Wildman–Crippen LogP) is 4.87. The van der Waals surface area contributed by atoms with Crippen LogP contribution in [0, 0.1) is 5.82 Å². The van der Waals surface area contributed by atoms with Crippen LogP contribution >= 0.6 is 15.9 Å². The molecule has 0 saturated carbocycles. The van der Waals surface area contributed by atoms with Gasteiger partial charge in [-0.2, -0.15) is 0 Å². The van der Waals surface area contributed by atoms with Crippen molar-refractivity contribution in [1.82, 2.24) is 5.32 Å². The van der Waals surface area contributed by atoms with E-state index < -0.39 is 0 Å². The lowest BCUT2D eigenvalue weighted by molar-refractivity contribution is 0.475. The summed E-state index contributed by atoms with van der Waals surface area (Å²) in [6.07, 6.45) is 0.951. The minimum atomic E-state index is -0.184. The molecule has 0 heterocycles. The van der Waals surface area contributed by atoms with Crippen LogP contribution in [0.3, 0.4) is 0 Å². The third-order valence-corrected chi connectivity index (χ3v) is 3.87. The van der Waals surface area contributed by atoms with Gasteiger partial charge in [0, 0.05) is 16.6 Å². The van der Waals surface area contributed by atoms with E-state index in [1.165, 1.54) is 11.6 Å². The molecule has 0 radical (unpaired) electrons. The summed E-state index contributed by atoms with van der Waals surface area (Å²) in [6, 6.07) is 15.6. The van der Waals surface area contributed by atoms with Gasteiger partial charge in [0.05, 0.1) is 0 Å². The van der Waals surface area contributed by atoms with E-state index in [4.69, 9.17) is 0 Å². The van der Waals surface area contributed by atoms with E-state index in [-0.39, 0.29) is 11.9 Å². The van der Waals surface area contributed by atoms with Crippen LogP contribution in [0.15, 0.2) is 53.0 Å². The number of hydrogen-bond donors (Lipinski definition) is 1. The zero-order valence-electron chi connectivity index (χ0n) is 11.7. The van der Waals surface area contributed by atoms with Gasteiger partial charge in [-0.1, -0.05) is 40.2 Å². The second-order valence-corrected chi connectivity index (χ2v) is 6.09. The van der Waals surface area contributed by atoms with Gasteiger partial charge in [0.15, 0.2) is 0 Å². The topological polar surface area (TPSA) is 12.0 Å². The van der Waals surface area contributed by atoms with E-state index in [0.717, 1.165) is 16.5 Å². The highest BCUT2D eigenvalue weighted by atomic mass is 79.9. The Hall–Kier alpha value is -1.19. The van der Waals surface area contributed by atoms with E-state index in [0.29, 0.717) is 6.04 Å². The molecule has 0 aliphatic rings. The van der Waals surface area contributed by atoms with Gasteiger partial charge in [-0.25, -0.2) is 4.39 Å². The van der Waals surface area contributed by atoms with Crippen molar-refractivity contribution in [2.75, 3.05) is 0 Å². The molecule has 2 aromatic rings. The molecule has 0 bridgehead atoms. The summed E-state index contributed by atoms with van der Waals surface area (Å²) in [5.74, 6) is -0.184. The minimum absolute atomic E-state index is 0.135. The summed E-state index contributed by atoms with van der Waals surface area (Å²) in [7, 11) is 0. The minimum Gasteiger partial charge on any atom is -0.307 e. The van der Waals surface area contributed by atoms with Crippen molar-refractivity contribution in [2.45, 2.75) is 32.4 Å². The molecule has 2 atom stereocenters. The fourth-order valence-electron chi connectivity index (χ4n) is 2.33. The number of nitrogens with one attached hydrogen (secondary N) is 1. The van der Waals surface area contributed by atoms with Gasteiger partial charge in [0.1, 0.15) is 5.82 Å². The van der Waals surface area contributed by atoms with Gasteiger partial charge < -0.3 is 5.32 Å². The molecule has 3 heteroatoms. The molecule has 2 aromatic carbocycles. The average molecular weight is 336 g/mol. The maximum absolute atomic E-state index is 13.2. The molecule has 2 unspecified atom stereocenters. The van der Waals surface area contributed by atoms with E-state index in [1.807, 2.05) is 6.07 Å². The standard InChI is InChI=1S/C17H19BrFN/c1-12(10-14-6-8-16(18)9-7-14)20-13(2)15-4-3-5-17(19)11-15/h3-9,11-13,20H,10H2,1-2H3. The molecule has 106 valence electrons. The maximum Gasteiger partial charge on any atom is 0.123 e. The number of halogens is 2. The first-order valence-corrected chi connectivity index (χ1v) is 7.60. The van der Waals surface area contributed by atoms with E-state index in [2.05, 4.69) is 59.4 Å². The molecule has 0 aliphatic heterocycles. The normalized spacial score (nSPS) is 14.0. The van der Waals surface area contributed by atoms with Gasteiger partial charge in [-0.3, -0.25) is 0 Å². The first-order valence-electron chi connectivity index (χ1n) is 6.80. The van der Waals surface area contributed by atoms with E-state index >= 15 is 0 Å². The van der Waals surface area contributed by atoms with Gasteiger partial charge in [-0.15, -0.1) is 0 Å². The van der Waals surface area contributed by atoms with Crippen LogP contribution in [0.4, 0.5) is 4.39 Å². The fraction of sp³-hybridized carbons (Fsp3) is 0.294. The largest absolute Gasteiger partial charge is 0.307 e. The third kappa shape index (κ3) is 4.43. The highest BCUT2D eigenvalue weighted by molar-refractivity contribution is 9.10. The second kappa shape index (κ2) is 7.00. The lowest BCUT2D eigenvalue weighted by atomic mass is 10.0. The molecule has 2 rings (SSSR count). The second-order valence-electron chi connectivity index (χ2n) is 5.17. The molecular weight excluding hydrogens is 317 g/mol. The summed E-state index contributed by atoms with van der Waals surface area (Å²) in [4.78, 5) is 0. The van der Waals surface area contributed by atoms with Crippen LogP contribution in [0.25, 0.3) is 0 Å². The van der Waals surface area contributed by atoms with Crippen LogP contribution in [-0.2, 0) is 6.42 Å². The Kier molecular flexibility index (Phi) is 5.32. The maximum atomic E-state index is 13.2. The summed E-state index contributed by atoms with van der Waals surface area (Å²) in [5, 5.41) is 3.51. The monoisotopic (exact) mass is 335 g/mol. The molecule has 0 aliphatic carbocycles. The van der Waals surface area contributed by atoms with Crippen molar-refractivity contribution < 1.29 is 4.39 Å². The Morgan fingerprint density at radius 3 is 2.45 bits per heavy atom. The van der Waals surface area contributed by atoms with Crippen molar-refractivity contribution in [3.05, 3.63) is 69.9 Å². The highest BCUT2D eigenvalue weighted by Crippen LogP contribution is 2.16. The number of rotatable bonds is 5. The van der Waals surface area contributed by atoms with Gasteiger partial charge in [0.25, 0.3) is 0 Å². The molecule has 0 aromatic heterocycles. The summed E-state index contributed by atoms with van der Waals surface area (Å²) < 4.78 is 14.3. The zero-order chi connectivity index (χ0) is 14.5. The SMILES string of the molecule is CC(Cc1ccc(Br)cc1)NC(C)c1cccc(F)c1. The van der Waals surface area contributed by atoms with Crippen LogP contribution < -0.4 is 5.32 Å². The van der Waals surface area contributed by atoms with Crippen molar-refractivity contribution in [3.63, 3.8) is 0 Å².